The summed E-state index contributed by atoms with van der Waals surface area (Å²) in [5, 5.41) is 0. The molecule has 0 aromatic heterocycles. The highest BCUT2D eigenvalue weighted by atomic mass is 16.5. The van der Waals surface area contributed by atoms with Gasteiger partial charge in [-0.15, -0.1) is 0 Å². The molecule has 0 fully saturated rings. The summed E-state index contributed by atoms with van der Waals surface area (Å²) in [6.45, 7) is 6.05. The Bertz CT molecular complexity index is 543. The van der Waals surface area contributed by atoms with E-state index in [9.17, 15) is 0 Å². The van der Waals surface area contributed by atoms with E-state index < -0.39 is 0 Å². The average Bonchev–Trinajstić information content (AvgIpc) is 2.35. The molecule has 84 valence electrons. The zero-order valence-corrected chi connectivity index (χ0v) is 9.68. The Morgan fingerprint density at radius 2 is 1.41 bits per heavy atom. The van der Waals surface area contributed by atoms with Crippen LogP contribution in [0.1, 0.15) is 6.92 Å². The minimum Gasteiger partial charge on any atom is -0.453 e. The van der Waals surface area contributed by atoms with Gasteiger partial charge in [-0.1, -0.05) is 30.8 Å². The molecule has 1 heterocycles. The topological polar surface area (TPSA) is 12.5 Å². The van der Waals surface area contributed by atoms with Crippen molar-refractivity contribution in [1.29, 1.82) is 0 Å². The van der Waals surface area contributed by atoms with E-state index >= 15 is 0 Å². The van der Waals surface area contributed by atoms with Gasteiger partial charge >= 0.3 is 0 Å². The highest BCUT2D eigenvalue weighted by Gasteiger charge is 2.23. The van der Waals surface area contributed by atoms with Gasteiger partial charge in [0.15, 0.2) is 11.5 Å². The molecule has 3 rings (SSSR count). The molecule has 2 aromatic carbocycles. The van der Waals surface area contributed by atoms with E-state index in [0.717, 1.165) is 28.6 Å². The van der Waals surface area contributed by atoms with Crippen molar-refractivity contribution in [3.8, 4) is 11.5 Å². The SMILES string of the molecule is C=C(C)N1c2ccccc2Oc2ccccc21. The summed E-state index contributed by atoms with van der Waals surface area (Å²) in [6, 6.07) is 16.0. The van der Waals surface area contributed by atoms with Gasteiger partial charge in [0.2, 0.25) is 0 Å². The number of hydrogen-bond donors (Lipinski definition) is 0. The number of nitrogens with zero attached hydrogens (tertiary/aromatic N) is 1. The van der Waals surface area contributed by atoms with E-state index in [-0.39, 0.29) is 0 Å². The van der Waals surface area contributed by atoms with Gasteiger partial charge in [-0.25, -0.2) is 0 Å². The molecular formula is C15H13NO. The summed E-state index contributed by atoms with van der Waals surface area (Å²) in [4.78, 5) is 2.12. The summed E-state index contributed by atoms with van der Waals surface area (Å²) in [6.07, 6.45) is 0. The van der Waals surface area contributed by atoms with Crippen LogP contribution >= 0.6 is 0 Å². The summed E-state index contributed by atoms with van der Waals surface area (Å²) in [5.41, 5.74) is 3.06. The Morgan fingerprint density at radius 3 is 1.88 bits per heavy atom. The second-order valence-corrected chi connectivity index (χ2v) is 4.11. The Morgan fingerprint density at radius 1 is 0.941 bits per heavy atom. The highest BCUT2D eigenvalue weighted by molar-refractivity contribution is 5.80. The van der Waals surface area contributed by atoms with Crippen molar-refractivity contribution in [3.63, 3.8) is 0 Å². The molecule has 0 N–H and O–H groups in total. The molecule has 0 spiro atoms. The predicted molar refractivity (Wildman–Crippen MR) is 69.9 cm³/mol. The first-order chi connectivity index (χ1) is 8.27. The van der Waals surface area contributed by atoms with Crippen LogP contribution in [0.4, 0.5) is 11.4 Å². The van der Waals surface area contributed by atoms with E-state index in [1.165, 1.54) is 0 Å². The molecule has 17 heavy (non-hydrogen) atoms. The van der Waals surface area contributed by atoms with Crippen molar-refractivity contribution in [2.45, 2.75) is 6.92 Å². The van der Waals surface area contributed by atoms with Gasteiger partial charge in [-0.2, -0.15) is 0 Å². The zero-order valence-electron chi connectivity index (χ0n) is 9.68. The van der Waals surface area contributed by atoms with Crippen molar-refractivity contribution >= 4 is 11.4 Å². The molecule has 2 heteroatoms. The van der Waals surface area contributed by atoms with E-state index in [1.807, 2.05) is 55.5 Å². The normalized spacial score (nSPS) is 12.4. The van der Waals surface area contributed by atoms with E-state index in [4.69, 9.17) is 4.74 Å². The first-order valence-corrected chi connectivity index (χ1v) is 5.59. The molecule has 1 aliphatic heterocycles. The molecule has 2 nitrogen and oxygen atoms in total. The second-order valence-electron chi connectivity index (χ2n) is 4.11. The third-order valence-corrected chi connectivity index (χ3v) is 2.81. The number of fused-ring (bicyclic) bond motifs is 2. The second kappa shape index (κ2) is 3.67. The average molecular weight is 223 g/mol. The van der Waals surface area contributed by atoms with E-state index in [2.05, 4.69) is 11.5 Å². The molecule has 0 radical (unpaired) electrons. The van der Waals surface area contributed by atoms with Gasteiger partial charge in [0, 0.05) is 5.70 Å². The Kier molecular flexibility index (Phi) is 2.15. The highest BCUT2D eigenvalue weighted by Crippen LogP contribution is 2.47. The Balaban J connectivity index is 2.24. The third kappa shape index (κ3) is 1.49. The van der Waals surface area contributed by atoms with Crippen molar-refractivity contribution in [2.75, 3.05) is 4.90 Å². The van der Waals surface area contributed by atoms with Crippen LogP contribution in [0.3, 0.4) is 0 Å². The lowest BCUT2D eigenvalue weighted by Crippen LogP contribution is -2.18. The largest absolute Gasteiger partial charge is 0.453 e. The van der Waals surface area contributed by atoms with Crippen LogP contribution < -0.4 is 9.64 Å². The van der Waals surface area contributed by atoms with Crippen molar-refractivity contribution < 1.29 is 4.74 Å². The fourth-order valence-electron chi connectivity index (χ4n) is 2.12. The summed E-state index contributed by atoms with van der Waals surface area (Å²) in [7, 11) is 0. The molecule has 0 bridgehead atoms. The summed E-state index contributed by atoms with van der Waals surface area (Å²) < 4.78 is 5.88. The van der Waals surface area contributed by atoms with Crippen molar-refractivity contribution in [2.24, 2.45) is 0 Å². The summed E-state index contributed by atoms with van der Waals surface area (Å²) >= 11 is 0. The molecule has 0 unspecified atom stereocenters. The molecule has 0 atom stereocenters. The maximum Gasteiger partial charge on any atom is 0.151 e. The number of rotatable bonds is 1. The van der Waals surface area contributed by atoms with Crippen molar-refractivity contribution in [1.82, 2.24) is 0 Å². The molecular weight excluding hydrogens is 210 g/mol. The lowest BCUT2D eigenvalue weighted by atomic mass is 10.1. The van der Waals surface area contributed by atoms with E-state index in [1.54, 1.807) is 0 Å². The quantitative estimate of drug-likeness (QED) is 0.707. The van der Waals surface area contributed by atoms with Gasteiger partial charge in [-0.05, 0) is 31.2 Å². The molecule has 0 amide bonds. The van der Waals surface area contributed by atoms with Crippen LogP contribution in [-0.2, 0) is 0 Å². The number of benzene rings is 2. The van der Waals surface area contributed by atoms with Crippen LogP contribution in [0.2, 0.25) is 0 Å². The first-order valence-electron chi connectivity index (χ1n) is 5.59. The number of anilines is 2. The number of para-hydroxylation sites is 4. The van der Waals surface area contributed by atoms with Crippen LogP contribution in [0, 0.1) is 0 Å². The van der Waals surface area contributed by atoms with Crippen LogP contribution in [-0.4, -0.2) is 0 Å². The first kappa shape index (κ1) is 9.97. The molecule has 0 saturated heterocycles. The smallest absolute Gasteiger partial charge is 0.151 e. The van der Waals surface area contributed by atoms with Crippen molar-refractivity contribution in [3.05, 3.63) is 60.8 Å². The third-order valence-electron chi connectivity index (χ3n) is 2.81. The number of hydrogen-bond acceptors (Lipinski definition) is 2. The fourth-order valence-corrected chi connectivity index (χ4v) is 2.12. The Hall–Kier alpha value is -2.22. The van der Waals surface area contributed by atoms with Crippen LogP contribution in [0.15, 0.2) is 60.8 Å². The molecule has 1 aliphatic rings. The zero-order chi connectivity index (χ0) is 11.8. The minimum absolute atomic E-state index is 0.870. The lowest BCUT2D eigenvalue weighted by Gasteiger charge is -2.32. The van der Waals surface area contributed by atoms with E-state index in [0.29, 0.717) is 0 Å². The van der Waals surface area contributed by atoms with Gasteiger partial charge in [0.1, 0.15) is 0 Å². The lowest BCUT2D eigenvalue weighted by molar-refractivity contribution is 0.476. The van der Waals surface area contributed by atoms with Gasteiger partial charge < -0.3 is 9.64 Å². The van der Waals surface area contributed by atoms with Gasteiger partial charge in [-0.3, -0.25) is 0 Å². The number of ether oxygens (including phenoxy) is 1. The minimum atomic E-state index is 0.870. The van der Waals surface area contributed by atoms with Crippen LogP contribution in [0.25, 0.3) is 0 Å². The molecule has 0 aliphatic carbocycles. The predicted octanol–water partition coefficient (Wildman–Crippen LogP) is 4.46. The van der Waals surface area contributed by atoms with Crippen LogP contribution in [0.5, 0.6) is 11.5 Å². The number of allylic oxidation sites excluding steroid dienone is 1. The monoisotopic (exact) mass is 223 g/mol. The molecule has 2 aromatic rings. The van der Waals surface area contributed by atoms with Gasteiger partial charge in [0.05, 0.1) is 11.4 Å². The standard InChI is InChI=1S/C15H13NO/c1-11(2)16-12-7-3-5-9-14(12)17-15-10-6-4-8-13(15)16/h3-10H,1H2,2H3. The molecule has 0 saturated carbocycles. The van der Waals surface area contributed by atoms with Gasteiger partial charge in [0.25, 0.3) is 0 Å². The Labute approximate surface area is 101 Å². The maximum absolute atomic E-state index is 5.88. The fraction of sp³-hybridized carbons (Fsp3) is 0.0667. The maximum atomic E-state index is 5.88. The summed E-state index contributed by atoms with van der Waals surface area (Å²) in [5.74, 6) is 1.74.